The molecule has 0 atom stereocenters. The molecule has 0 aliphatic heterocycles. The van der Waals surface area contributed by atoms with Crippen LogP contribution in [0.15, 0.2) is 22.7 Å². The van der Waals surface area contributed by atoms with Gasteiger partial charge in [-0.25, -0.2) is 4.39 Å². The van der Waals surface area contributed by atoms with Gasteiger partial charge in [-0.15, -0.1) is 0 Å². The van der Waals surface area contributed by atoms with Crippen molar-refractivity contribution < 1.29 is 9.13 Å². The summed E-state index contributed by atoms with van der Waals surface area (Å²) in [4.78, 5) is 2.10. The van der Waals surface area contributed by atoms with Crippen LogP contribution in [-0.2, 0) is 0 Å². The van der Waals surface area contributed by atoms with Crippen molar-refractivity contribution in [3.05, 3.63) is 28.5 Å². The van der Waals surface area contributed by atoms with Crippen LogP contribution >= 0.6 is 15.9 Å². The zero-order valence-electron chi connectivity index (χ0n) is 8.96. The second-order valence-corrected chi connectivity index (χ2v) is 4.44. The zero-order valence-corrected chi connectivity index (χ0v) is 10.6. The molecule has 0 heterocycles. The third kappa shape index (κ3) is 4.62. The maximum Gasteiger partial charge on any atom is 0.137 e. The van der Waals surface area contributed by atoms with Crippen LogP contribution in [0.3, 0.4) is 0 Å². The first-order valence-electron chi connectivity index (χ1n) is 4.82. The molecule has 0 N–H and O–H groups in total. The van der Waals surface area contributed by atoms with Crippen molar-refractivity contribution in [2.45, 2.75) is 6.42 Å². The first-order chi connectivity index (χ1) is 7.09. The van der Waals surface area contributed by atoms with Gasteiger partial charge in [-0.3, -0.25) is 0 Å². The Bertz CT molecular complexity index is 317. The lowest BCUT2D eigenvalue weighted by atomic mass is 10.3. The lowest BCUT2D eigenvalue weighted by molar-refractivity contribution is 0.281. The van der Waals surface area contributed by atoms with Crippen LogP contribution in [0.2, 0.25) is 0 Å². The first kappa shape index (κ1) is 12.5. The summed E-state index contributed by atoms with van der Waals surface area (Å²) < 4.78 is 18.8. The van der Waals surface area contributed by atoms with Crippen LogP contribution in [-0.4, -0.2) is 32.1 Å². The third-order valence-electron chi connectivity index (χ3n) is 1.91. The maximum absolute atomic E-state index is 12.9. The fourth-order valence-electron chi connectivity index (χ4n) is 1.14. The summed E-state index contributed by atoms with van der Waals surface area (Å²) in [6, 6.07) is 4.67. The Balaban J connectivity index is 2.35. The molecule has 0 unspecified atom stereocenters. The lowest BCUT2D eigenvalue weighted by Gasteiger charge is -2.10. The second-order valence-electron chi connectivity index (χ2n) is 3.58. The predicted molar refractivity (Wildman–Crippen MR) is 62.8 cm³/mol. The van der Waals surface area contributed by atoms with Gasteiger partial charge in [0.1, 0.15) is 11.6 Å². The highest BCUT2D eigenvalue weighted by Crippen LogP contribution is 2.21. The van der Waals surface area contributed by atoms with Gasteiger partial charge in [0.15, 0.2) is 0 Å². The van der Waals surface area contributed by atoms with Crippen molar-refractivity contribution >= 4 is 15.9 Å². The molecular weight excluding hydrogens is 261 g/mol. The van der Waals surface area contributed by atoms with Crippen LogP contribution in [0.5, 0.6) is 5.75 Å². The number of benzene rings is 1. The fraction of sp³-hybridized carbons (Fsp3) is 0.455. The largest absolute Gasteiger partial charge is 0.494 e. The number of ether oxygens (including phenoxy) is 1. The summed E-state index contributed by atoms with van der Waals surface area (Å²) in [6.07, 6.45) is 0.960. The standard InChI is InChI=1S/C11H15BrFNO/c1-14(2)6-3-7-15-9-4-5-11(13)10(12)8-9/h4-5,8H,3,6-7H2,1-2H3. The Morgan fingerprint density at radius 1 is 1.40 bits per heavy atom. The topological polar surface area (TPSA) is 12.5 Å². The molecule has 1 rings (SSSR count). The molecule has 4 heteroatoms. The summed E-state index contributed by atoms with van der Waals surface area (Å²) in [6.45, 7) is 1.64. The van der Waals surface area contributed by atoms with E-state index in [1.54, 1.807) is 12.1 Å². The first-order valence-corrected chi connectivity index (χ1v) is 5.61. The summed E-state index contributed by atoms with van der Waals surface area (Å²) in [7, 11) is 4.04. The molecule has 2 nitrogen and oxygen atoms in total. The lowest BCUT2D eigenvalue weighted by Crippen LogP contribution is -2.15. The SMILES string of the molecule is CN(C)CCCOc1ccc(F)c(Br)c1. The van der Waals surface area contributed by atoms with E-state index in [0.717, 1.165) is 13.0 Å². The molecule has 0 saturated carbocycles. The summed E-state index contributed by atoms with van der Waals surface area (Å²) in [5, 5.41) is 0. The highest BCUT2D eigenvalue weighted by atomic mass is 79.9. The quantitative estimate of drug-likeness (QED) is 0.767. The number of nitrogens with zero attached hydrogens (tertiary/aromatic N) is 1. The Morgan fingerprint density at radius 2 is 2.13 bits per heavy atom. The minimum Gasteiger partial charge on any atom is -0.494 e. The number of hydrogen-bond acceptors (Lipinski definition) is 2. The number of halogens is 2. The molecule has 0 fully saturated rings. The van der Waals surface area contributed by atoms with E-state index in [1.165, 1.54) is 6.07 Å². The smallest absolute Gasteiger partial charge is 0.137 e. The van der Waals surface area contributed by atoms with Crippen LogP contribution in [0.1, 0.15) is 6.42 Å². The van der Waals surface area contributed by atoms with Crippen molar-refractivity contribution in [1.29, 1.82) is 0 Å². The summed E-state index contributed by atoms with van der Waals surface area (Å²) in [5.74, 6) is 0.428. The van der Waals surface area contributed by atoms with Crippen LogP contribution in [0.4, 0.5) is 4.39 Å². The molecule has 0 amide bonds. The molecule has 0 bridgehead atoms. The number of hydrogen-bond donors (Lipinski definition) is 0. The van der Waals surface area contributed by atoms with Crippen molar-refractivity contribution in [2.24, 2.45) is 0 Å². The molecule has 0 saturated heterocycles. The van der Waals surface area contributed by atoms with Crippen molar-refractivity contribution in [3.8, 4) is 5.75 Å². The van der Waals surface area contributed by atoms with Gasteiger partial charge in [-0.1, -0.05) is 0 Å². The normalized spacial score (nSPS) is 10.7. The molecule has 1 aromatic rings. The van der Waals surface area contributed by atoms with E-state index in [-0.39, 0.29) is 5.82 Å². The van der Waals surface area contributed by atoms with Crippen LogP contribution in [0, 0.1) is 5.82 Å². The van der Waals surface area contributed by atoms with Gasteiger partial charge in [0.05, 0.1) is 11.1 Å². The van der Waals surface area contributed by atoms with Gasteiger partial charge in [0.2, 0.25) is 0 Å². The van der Waals surface area contributed by atoms with Crippen molar-refractivity contribution in [2.75, 3.05) is 27.2 Å². The van der Waals surface area contributed by atoms with Gasteiger partial charge < -0.3 is 9.64 Å². The molecule has 84 valence electrons. The Morgan fingerprint density at radius 3 is 2.73 bits per heavy atom. The van der Waals surface area contributed by atoms with Gasteiger partial charge in [-0.2, -0.15) is 0 Å². The van der Waals surface area contributed by atoms with Gasteiger partial charge in [0.25, 0.3) is 0 Å². The van der Waals surface area contributed by atoms with Gasteiger partial charge >= 0.3 is 0 Å². The van der Waals surface area contributed by atoms with E-state index in [0.29, 0.717) is 16.8 Å². The Kier molecular flexibility index (Phi) is 5.05. The molecule has 1 aromatic carbocycles. The van der Waals surface area contributed by atoms with E-state index >= 15 is 0 Å². The third-order valence-corrected chi connectivity index (χ3v) is 2.52. The van der Waals surface area contributed by atoms with E-state index in [9.17, 15) is 4.39 Å². The molecule has 0 aliphatic carbocycles. The molecule has 0 aromatic heterocycles. The predicted octanol–water partition coefficient (Wildman–Crippen LogP) is 2.92. The van der Waals surface area contributed by atoms with E-state index in [2.05, 4.69) is 20.8 Å². The van der Waals surface area contributed by atoms with Crippen molar-refractivity contribution in [1.82, 2.24) is 4.90 Å². The van der Waals surface area contributed by atoms with Crippen molar-refractivity contribution in [3.63, 3.8) is 0 Å². The van der Waals surface area contributed by atoms with Crippen LogP contribution in [0.25, 0.3) is 0 Å². The highest BCUT2D eigenvalue weighted by Gasteiger charge is 2.00. The summed E-state index contributed by atoms with van der Waals surface area (Å²) in [5.41, 5.74) is 0. The van der Waals surface area contributed by atoms with E-state index in [1.807, 2.05) is 14.1 Å². The van der Waals surface area contributed by atoms with E-state index < -0.39 is 0 Å². The molecule has 0 aliphatic rings. The molecule has 0 spiro atoms. The van der Waals surface area contributed by atoms with Crippen LogP contribution < -0.4 is 4.74 Å². The maximum atomic E-state index is 12.9. The van der Waals surface area contributed by atoms with Gasteiger partial charge in [0, 0.05) is 6.54 Å². The Labute approximate surface area is 98.2 Å². The minimum absolute atomic E-state index is 0.268. The second kappa shape index (κ2) is 6.08. The molecule has 0 radical (unpaired) electrons. The average molecular weight is 276 g/mol. The summed E-state index contributed by atoms with van der Waals surface area (Å²) >= 11 is 3.12. The molecule has 15 heavy (non-hydrogen) atoms. The van der Waals surface area contributed by atoms with Gasteiger partial charge in [-0.05, 0) is 54.6 Å². The van der Waals surface area contributed by atoms with E-state index in [4.69, 9.17) is 4.74 Å². The fourth-order valence-corrected chi connectivity index (χ4v) is 1.50. The minimum atomic E-state index is -0.268. The zero-order chi connectivity index (χ0) is 11.3. The monoisotopic (exact) mass is 275 g/mol. The molecular formula is C11H15BrFNO. The highest BCUT2D eigenvalue weighted by molar-refractivity contribution is 9.10. The Hall–Kier alpha value is -0.610. The number of rotatable bonds is 5. The average Bonchev–Trinajstić information content (AvgIpc) is 2.18.